The first kappa shape index (κ1) is 20.5. The third-order valence-electron chi connectivity index (χ3n) is 5.73. The molecule has 1 aromatic carbocycles. The lowest BCUT2D eigenvalue weighted by Gasteiger charge is -2.13. The Hall–Kier alpha value is -2.80. The number of hydrogen-bond acceptors (Lipinski definition) is 4. The van der Waals surface area contributed by atoms with E-state index in [4.69, 9.17) is 11.6 Å². The molecule has 1 aliphatic rings. The number of aryl methyl sites for hydroxylation is 2. The molecule has 2 aromatic heterocycles. The van der Waals surface area contributed by atoms with E-state index < -0.39 is 0 Å². The maximum atomic E-state index is 13.2. The zero-order valence-corrected chi connectivity index (χ0v) is 18.1. The second-order valence-electron chi connectivity index (χ2n) is 7.81. The number of benzene rings is 1. The fourth-order valence-electron chi connectivity index (χ4n) is 3.98. The third kappa shape index (κ3) is 3.94. The van der Waals surface area contributed by atoms with Crippen LogP contribution in [0.5, 0.6) is 0 Å². The molecular formula is C22H26ClN5O2. The number of nitrogens with zero attached hydrogens (tertiary/aromatic N) is 4. The molecule has 30 heavy (non-hydrogen) atoms. The standard InChI is InChI=1S/C22H26ClN5O2/c1-26-18-19(25-21(26)24-13-12-15-6-4-3-5-7-15)27(2)22(30)28(20(18)29)14-16-8-10-17(23)11-9-16/h6,8-11H,3-5,7,12-14H2,1-2H3,(H,24,25). The Kier molecular flexibility index (Phi) is 5.81. The van der Waals surface area contributed by atoms with Crippen LogP contribution in [-0.2, 0) is 20.6 Å². The monoisotopic (exact) mass is 427 g/mol. The zero-order valence-electron chi connectivity index (χ0n) is 17.3. The Morgan fingerprint density at radius 3 is 2.57 bits per heavy atom. The van der Waals surface area contributed by atoms with Crippen molar-refractivity contribution in [1.82, 2.24) is 18.7 Å². The highest BCUT2D eigenvalue weighted by molar-refractivity contribution is 6.30. The van der Waals surface area contributed by atoms with Crippen LogP contribution in [0.25, 0.3) is 11.2 Å². The van der Waals surface area contributed by atoms with Crippen LogP contribution in [0.15, 0.2) is 45.5 Å². The van der Waals surface area contributed by atoms with Gasteiger partial charge in [0.2, 0.25) is 5.95 Å². The van der Waals surface area contributed by atoms with Gasteiger partial charge in [0.15, 0.2) is 11.2 Å². The lowest BCUT2D eigenvalue weighted by Crippen LogP contribution is -2.39. The number of imidazole rings is 1. The summed E-state index contributed by atoms with van der Waals surface area (Å²) in [5.74, 6) is 0.595. The fraction of sp³-hybridized carbons (Fsp3) is 0.409. The molecule has 0 saturated carbocycles. The van der Waals surface area contributed by atoms with Crippen molar-refractivity contribution in [3.05, 3.63) is 67.3 Å². The molecule has 0 aliphatic heterocycles. The van der Waals surface area contributed by atoms with E-state index in [1.165, 1.54) is 27.5 Å². The molecule has 0 unspecified atom stereocenters. The van der Waals surface area contributed by atoms with Crippen molar-refractivity contribution in [3.63, 3.8) is 0 Å². The van der Waals surface area contributed by atoms with Crippen molar-refractivity contribution in [2.45, 2.75) is 38.6 Å². The van der Waals surface area contributed by atoms with Gasteiger partial charge in [-0.3, -0.25) is 13.9 Å². The summed E-state index contributed by atoms with van der Waals surface area (Å²) in [6, 6.07) is 7.13. The second-order valence-corrected chi connectivity index (χ2v) is 8.25. The molecule has 0 atom stereocenters. The molecule has 1 N–H and O–H groups in total. The van der Waals surface area contributed by atoms with Gasteiger partial charge in [0.1, 0.15) is 0 Å². The van der Waals surface area contributed by atoms with Crippen LogP contribution in [-0.4, -0.2) is 25.2 Å². The van der Waals surface area contributed by atoms with Gasteiger partial charge >= 0.3 is 5.69 Å². The van der Waals surface area contributed by atoms with E-state index in [0.29, 0.717) is 22.1 Å². The summed E-state index contributed by atoms with van der Waals surface area (Å²) in [4.78, 5) is 30.5. The number of hydrogen-bond donors (Lipinski definition) is 1. The number of anilines is 1. The molecule has 0 radical (unpaired) electrons. The van der Waals surface area contributed by atoms with E-state index >= 15 is 0 Å². The molecule has 2 heterocycles. The Balaban J connectivity index is 1.64. The average Bonchev–Trinajstić information content (AvgIpc) is 3.08. The Morgan fingerprint density at radius 2 is 1.87 bits per heavy atom. The molecule has 3 aromatic rings. The first-order valence-electron chi connectivity index (χ1n) is 10.3. The summed E-state index contributed by atoms with van der Waals surface area (Å²) < 4.78 is 4.41. The van der Waals surface area contributed by atoms with Gasteiger partial charge in [-0.15, -0.1) is 0 Å². The van der Waals surface area contributed by atoms with Gasteiger partial charge in [0.05, 0.1) is 6.54 Å². The summed E-state index contributed by atoms with van der Waals surface area (Å²) in [7, 11) is 3.45. The zero-order chi connectivity index (χ0) is 21.3. The Morgan fingerprint density at radius 1 is 1.10 bits per heavy atom. The number of allylic oxidation sites excluding steroid dienone is 1. The van der Waals surface area contributed by atoms with Crippen LogP contribution >= 0.6 is 11.6 Å². The Bertz CT molecular complexity index is 1220. The number of nitrogens with one attached hydrogen (secondary N) is 1. The van der Waals surface area contributed by atoms with Gasteiger partial charge in [0, 0.05) is 25.7 Å². The summed E-state index contributed by atoms with van der Waals surface area (Å²) in [5.41, 5.74) is 2.37. The van der Waals surface area contributed by atoms with Crippen LogP contribution in [0.2, 0.25) is 5.02 Å². The summed E-state index contributed by atoms with van der Waals surface area (Å²) in [6.07, 6.45) is 8.15. The highest BCUT2D eigenvalue weighted by Gasteiger charge is 2.18. The van der Waals surface area contributed by atoms with Gasteiger partial charge in [-0.05, 0) is 49.8 Å². The van der Waals surface area contributed by atoms with Gasteiger partial charge in [-0.25, -0.2) is 4.79 Å². The fourth-order valence-corrected chi connectivity index (χ4v) is 4.11. The number of rotatable bonds is 6. The molecule has 4 rings (SSSR count). The quantitative estimate of drug-likeness (QED) is 0.611. The largest absolute Gasteiger partial charge is 0.355 e. The molecule has 0 fully saturated rings. The predicted molar refractivity (Wildman–Crippen MR) is 120 cm³/mol. The molecule has 0 bridgehead atoms. The number of aromatic nitrogens is 4. The molecular weight excluding hydrogens is 402 g/mol. The highest BCUT2D eigenvalue weighted by atomic mass is 35.5. The van der Waals surface area contributed by atoms with E-state index in [-0.39, 0.29) is 17.8 Å². The van der Waals surface area contributed by atoms with E-state index in [9.17, 15) is 9.59 Å². The summed E-state index contributed by atoms with van der Waals surface area (Å²) in [6.45, 7) is 0.927. The molecule has 158 valence electrons. The van der Waals surface area contributed by atoms with Gasteiger partial charge < -0.3 is 9.88 Å². The minimum absolute atomic E-state index is 0.181. The lowest BCUT2D eigenvalue weighted by molar-refractivity contribution is 0.655. The first-order chi connectivity index (χ1) is 14.5. The summed E-state index contributed by atoms with van der Waals surface area (Å²) in [5, 5.41) is 3.94. The van der Waals surface area contributed by atoms with Crippen molar-refractivity contribution >= 4 is 28.7 Å². The van der Waals surface area contributed by atoms with Crippen molar-refractivity contribution in [2.75, 3.05) is 11.9 Å². The molecule has 1 aliphatic carbocycles. The van der Waals surface area contributed by atoms with Crippen LogP contribution in [0.1, 0.15) is 37.7 Å². The van der Waals surface area contributed by atoms with Crippen molar-refractivity contribution in [2.24, 2.45) is 14.1 Å². The maximum absolute atomic E-state index is 13.2. The molecule has 7 nitrogen and oxygen atoms in total. The van der Waals surface area contributed by atoms with Crippen molar-refractivity contribution in [3.8, 4) is 0 Å². The maximum Gasteiger partial charge on any atom is 0.332 e. The van der Waals surface area contributed by atoms with Crippen LogP contribution < -0.4 is 16.6 Å². The van der Waals surface area contributed by atoms with Crippen LogP contribution in [0.4, 0.5) is 5.95 Å². The van der Waals surface area contributed by atoms with E-state index in [2.05, 4.69) is 16.4 Å². The van der Waals surface area contributed by atoms with Crippen molar-refractivity contribution < 1.29 is 0 Å². The predicted octanol–water partition coefficient (Wildman–Crippen LogP) is 3.44. The smallest absolute Gasteiger partial charge is 0.332 e. The van der Waals surface area contributed by atoms with Gasteiger partial charge in [-0.1, -0.05) is 35.4 Å². The van der Waals surface area contributed by atoms with Crippen LogP contribution in [0.3, 0.4) is 0 Å². The molecule has 0 spiro atoms. The molecule has 0 saturated heterocycles. The van der Waals surface area contributed by atoms with Crippen molar-refractivity contribution in [1.29, 1.82) is 0 Å². The third-order valence-corrected chi connectivity index (χ3v) is 5.98. The second kappa shape index (κ2) is 8.52. The first-order valence-corrected chi connectivity index (χ1v) is 10.7. The lowest BCUT2D eigenvalue weighted by atomic mass is 9.97. The van der Waals surface area contributed by atoms with E-state index in [1.54, 1.807) is 30.8 Å². The highest BCUT2D eigenvalue weighted by Crippen LogP contribution is 2.20. The van der Waals surface area contributed by atoms with Gasteiger partial charge in [0.25, 0.3) is 5.56 Å². The van der Waals surface area contributed by atoms with Gasteiger partial charge in [-0.2, -0.15) is 4.98 Å². The van der Waals surface area contributed by atoms with E-state index in [0.717, 1.165) is 31.4 Å². The number of fused-ring (bicyclic) bond motifs is 1. The topological polar surface area (TPSA) is 73.8 Å². The summed E-state index contributed by atoms with van der Waals surface area (Å²) >= 11 is 5.94. The molecule has 0 amide bonds. The van der Waals surface area contributed by atoms with E-state index in [1.807, 2.05) is 12.1 Å². The van der Waals surface area contributed by atoms with Crippen LogP contribution in [0, 0.1) is 0 Å². The normalized spacial score (nSPS) is 14.2. The average molecular weight is 428 g/mol. The molecule has 8 heteroatoms. The number of halogens is 1. The minimum Gasteiger partial charge on any atom is -0.355 e. The minimum atomic E-state index is -0.389. The SMILES string of the molecule is Cn1c(NCCC2=CCCCC2)nc2c1c(=O)n(Cc1ccc(Cl)cc1)c(=O)n2C. The Labute approximate surface area is 179 Å².